The summed E-state index contributed by atoms with van der Waals surface area (Å²) in [6.45, 7) is 2.92. The Morgan fingerprint density at radius 2 is 2.25 bits per heavy atom. The van der Waals surface area contributed by atoms with Gasteiger partial charge in [0, 0.05) is 19.6 Å². The fraction of sp³-hybridized carbons (Fsp3) is 0.636. The molecule has 1 N–H and O–H groups in total. The Hall–Kier alpha value is -0.840. The molecule has 1 aliphatic carbocycles. The molecule has 0 amide bonds. The highest BCUT2D eigenvalue weighted by Crippen LogP contribution is 2.33. The quantitative estimate of drug-likeness (QED) is 0.923. The fourth-order valence-electron chi connectivity index (χ4n) is 1.84. The van der Waals surface area contributed by atoms with E-state index in [4.69, 9.17) is 0 Å². The average molecular weight is 285 g/mol. The van der Waals surface area contributed by atoms with E-state index in [9.17, 15) is 0 Å². The van der Waals surface area contributed by atoms with Gasteiger partial charge in [-0.05, 0) is 42.1 Å². The van der Waals surface area contributed by atoms with Gasteiger partial charge in [0.1, 0.15) is 22.4 Å². The highest BCUT2D eigenvalue weighted by atomic mass is 79.9. The third-order valence-electron chi connectivity index (χ3n) is 3.07. The molecular formula is C11H17BrN4. The lowest BCUT2D eigenvalue weighted by Crippen LogP contribution is -2.37. The van der Waals surface area contributed by atoms with E-state index in [2.05, 4.69) is 50.1 Å². The molecule has 1 aromatic heterocycles. The summed E-state index contributed by atoms with van der Waals surface area (Å²) in [6.07, 6.45) is 5.48. The molecule has 5 heteroatoms. The number of anilines is 2. The number of nitrogens with one attached hydrogen (secondary N) is 1. The topological polar surface area (TPSA) is 41.1 Å². The maximum absolute atomic E-state index is 4.35. The Morgan fingerprint density at radius 1 is 1.50 bits per heavy atom. The monoisotopic (exact) mass is 284 g/mol. The van der Waals surface area contributed by atoms with Gasteiger partial charge in [0.15, 0.2) is 0 Å². The van der Waals surface area contributed by atoms with Crippen LogP contribution in [0.25, 0.3) is 0 Å². The summed E-state index contributed by atoms with van der Waals surface area (Å²) < 4.78 is 0.964. The highest BCUT2D eigenvalue weighted by molar-refractivity contribution is 9.10. The van der Waals surface area contributed by atoms with Gasteiger partial charge in [-0.2, -0.15) is 0 Å². The molecule has 0 bridgehead atoms. The van der Waals surface area contributed by atoms with Crippen molar-refractivity contribution in [3.8, 4) is 0 Å². The largest absolute Gasteiger partial charge is 0.369 e. The summed E-state index contributed by atoms with van der Waals surface area (Å²) in [6, 6.07) is 0.640. The van der Waals surface area contributed by atoms with Gasteiger partial charge in [-0.25, -0.2) is 9.97 Å². The van der Waals surface area contributed by atoms with Gasteiger partial charge in [-0.1, -0.05) is 0 Å². The zero-order chi connectivity index (χ0) is 11.5. The third-order valence-corrected chi connectivity index (χ3v) is 3.80. The second kappa shape index (κ2) is 4.99. The first-order valence-electron chi connectivity index (χ1n) is 5.71. The Morgan fingerprint density at radius 3 is 2.81 bits per heavy atom. The van der Waals surface area contributed by atoms with E-state index in [-0.39, 0.29) is 0 Å². The van der Waals surface area contributed by atoms with Crippen molar-refractivity contribution < 1.29 is 0 Å². The van der Waals surface area contributed by atoms with Gasteiger partial charge in [-0.15, -0.1) is 0 Å². The van der Waals surface area contributed by atoms with E-state index in [1.165, 1.54) is 19.3 Å². The molecule has 0 atom stereocenters. The van der Waals surface area contributed by atoms with Crippen molar-refractivity contribution >= 4 is 27.6 Å². The van der Waals surface area contributed by atoms with Gasteiger partial charge >= 0.3 is 0 Å². The molecule has 1 heterocycles. The number of halogens is 1. The molecule has 88 valence electrons. The number of nitrogens with zero attached hydrogens (tertiary/aromatic N) is 3. The summed E-state index contributed by atoms with van der Waals surface area (Å²) in [5, 5.41) is 3.22. The first kappa shape index (κ1) is 11.6. The summed E-state index contributed by atoms with van der Waals surface area (Å²) in [4.78, 5) is 10.8. The molecule has 0 unspecified atom stereocenters. The van der Waals surface area contributed by atoms with Crippen LogP contribution in [-0.2, 0) is 0 Å². The number of hydrogen-bond donors (Lipinski definition) is 1. The maximum Gasteiger partial charge on any atom is 0.148 e. The average Bonchev–Trinajstić information content (AvgIpc) is 2.18. The van der Waals surface area contributed by atoms with Crippen LogP contribution >= 0.6 is 15.9 Å². The van der Waals surface area contributed by atoms with E-state index < -0.39 is 0 Å². The predicted molar refractivity (Wildman–Crippen MR) is 69.9 cm³/mol. The summed E-state index contributed by atoms with van der Waals surface area (Å²) >= 11 is 3.58. The Balaban J connectivity index is 2.22. The van der Waals surface area contributed by atoms with E-state index in [0.29, 0.717) is 6.04 Å². The van der Waals surface area contributed by atoms with E-state index in [1.807, 2.05) is 0 Å². The molecule has 0 spiro atoms. The van der Waals surface area contributed by atoms with Crippen molar-refractivity contribution in [3.63, 3.8) is 0 Å². The van der Waals surface area contributed by atoms with Crippen LogP contribution in [-0.4, -0.2) is 29.6 Å². The molecule has 0 saturated heterocycles. The van der Waals surface area contributed by atoms with Crippen molar-refractivity contribution in [1.82, 2.24) is 9.97 Å². The SMILES string of the molecule is CCNc1ncnc(N(C)C2CCC2)c1Br. The Labute approximate surface area is 105 Å². The van der Waals surface area contributed by atoms with Gasteiger partial charge in [0.05, 0.1) is 0 Å². The van der Waals surface area contributed by atoms with Crippen LogP contribution in [0.4, 0.5) is 11.6 Å². The highest BCUT2D eigenvalue weighted by Gasteiger charge is 2.25. The molecule has 0 aromatic carbocycles. The number of aromatic nitrogens is 2. The van der Waals surface area contributed by atoms with Crippen molar-refractivity contribution in [2.45, 2.75) is 32.2 Å². The van der Waals surface area contributed by atoms with Crippen LogP contribution in [0.15, 0.2) is 10.8 Å². The molecule has 1 saturated carbocycles. The molecule has 0 radical (unpaired) electrons. The van der Waals surface area contributed by atoms with E-state index in [1.54, 1.807) is 6.33 Å². The zero-order valence-electron chi connectivity index (χ0n) is 9.70. The first-order chi connectivity index (χ1) is 7.74. The van der Waals surface area contributed by atoms with E-state index in [0.717, 1.165) is 22.7 Å². The van der Waals surface area contributed by atoms with Crippen LogP contribution in [0.3, 0.4) is 0 Å². The van der Waals surface area contributed by atoms with Crippen molar-refractivity contribution in [1.29, 1.82) is 0 Å². The lowest BCUT2D eigenvalue weighted by atomic mass is 9.92. The van der Waals surface area contributed by atoms with Crippen molar-refractivity contribution in [2.75, 3.05) is 23.8 Å². The second-order valence-corrected chi connectivity index (χ2v) is 4.88. The third kappa shape index (κ3) is 2.14. The fourth-order valence-corrected chi connectivity index (χ4v) is 2.47. The van der Waals surface area contributed by atoms with Crippen molar-refractivity contribution in [3.05, 3.63) is 10.8 Å². The molecule has 1 fully saturated rings. The normalized spacial score (nSPS) is 15.7. The molecule has 1 aromatic rings. The minimum absolute atomic E-state index is 0.640. The number of hydrogen-bond acceptors (Lipinski definition) is 4. The lowest BCUT2D eigenvalue weighted by molar-refractivity contribution is 0.399. The second-order valence-electron chi connectivity index (χ2n) is 4.09. The minimum Gasteiger partial charge on any atom is -0.369 e. The molecular weight excluding hydrogens is 268 g/mol. The van der Waals surface area contributed by atoms with Gasteiger partial charge < -0.3 is 10.2 Å². The van der Waals surface area contributed by atoms with Crippen molar-refractivity contribution in [2.24, 2.45) is 0 Å². The smallest absolute Gasteiger partial charge is 0.148 e. The summed E-state index contributed by atoms with van der Waals surface area (Å²) in [5.74, 6) is 1.86. The van der Waals surface area contributed by atoms with Crippen LogP contribution in [0.2, 0.25) is 0 Å². The van der Waals surface area contributed by atoms with E-state index >= 15 is 0 Å². The molecule has 16 heavy (non-hydrogen) atoms. The van der Waals surface area contributed by atoms with Crippen LogP contribution in [0.5, 0.6) is 0 Å². The molecule has 2 rings (SSSR count). The Bertz CT molecular complexity index is 365. The maximum atomic E-state index is 4.35. The van der Waals surface area contributed by atoms with Gasteiger partial charge in [0.2, 0.25) is 0 Å². The minimum atomic E-state index is 0.640. The summed E-state index contributed by atoms with van der Waals surface area (Å²) in [5.41, 5.74) is 0. The zero-order valence-corrected chi connectivity index (χ0v) is 11.3. The molecule has 1 aliphatic rings. The van der Waals surface area contributed by atoms with Gasteiger partial charge in [0.25, 0.3) is 0 Å². The first-order valence-corrected chi connectivity index (χ1v) is 6.50. The van der Waals surface area contributed by atoms with Crippen LogP contribution < -0.4 is 10.2 Å². The predicted octanol–water partition coefficient (Wildman–Crippen LogP) is 2.66. The summed E-state index contributed by atoms with van der Waals surface area (Å²) in [7, 11) is 2.10. The standard InChI is InChI=1S/C11H17BrN4/c1-3-13-10-9(12)11(15-7-14-10)16(2)8-5-4-6-8/h7-8H,3-6H2,1-2H3,(H,13,14,15). The van der Waals surface area contributed by atoms with Crippen LogP contribution in [0, 0.1) is 0 Å². The lowest BCUT2D eigenvalue weighted by Gasteiger charge is -2.36. The number of rotatable bonds is 4. The van der Waals surface area contributed by atoms with Gasteiger partial charge in [-0.3, -0.25) is 0 Å². The van der Waals surface area contributed by atoms with Crippen LogP contribution in [0.1, 0.15) is 26.2 Å². The Kier molecular flexibility index (Phi) is 3.63. The molecule has 4 nitrogen and oxygen atoms in total. The molecule has 0 aliphatic heterocycles.